The Morgan fingerprint density at radius 1 is 1.33 bits per heavy atom. The molecule has 0 aromatic heterocycles. The van der Waals surface area contributed by atoms with E-state index in [0.29, 0.717) is 26.1 Å². The largest absolute Gasteiger partial charge is 0.355 e. The Morgan fingerprint density at radius 2 is 2.05 bits per heavy atom. The zero-order valence-electron chi connectivity index (χ0n) is 12.1. The van der Waals surface area contributed by atoms with E-state index in [0.717, 1.165) is 32.4 Å². The van der Waals surface area contributed by atoms with Crippen molar-refractivity contribution in [3.63, 3.8) is 0 Å². The SMILES string of the molecule is Cl.O=C(NCCN1CCCS1(=O)=O)C1CC12CCNCC2. The molecule has 21 heavy (non-hydrogen) atoms. The van der Waals surface area contributed by atoms with E-state index in [2.05, 4.69) is 10.6 Å². The zero-order chi connectivity index (χ0) is 14.2. The minimum absolute atomic E-state index is 0. The molecule has 122 valence electrons. The molecule has 8 heteroatoms. The van der Waals surface area contributed by atoms with Gasteiger partial charge in [0.05, 0.1) is 5.75 Å². The number of hydrogen-bond acceptors (Lipinski definition) is 4. The van der Waals surface area contributed by atoms with Gasteiger partial charge in [0.2, 0.25) is 15.9 Å². The highest BCUT2D eigenvalue weighted by Crippen LogP contribution is 2.58. The topological polar surface area (TPSA) is 78.5 Å². The first-order chi connectivity index (χ1) is 9.54. The molecular weight excluding hydrogens is 314 g/mol. The normalized spacial score (nSPS) is 29.8. The van der Waals surface area contributed by atoms with Crippen molar-refractivity contribution in [1.82, 2.24) is 14.9 Å². The molecule has 2 aliphatic heterocycles. The van der Waals surface area contributed by atoms with E-state index >= 15 is 0 Å². The third-order valence-electron chi connectivity index (χ3n) is 4.97. The predicted octanol–water partition coefficient (Wildman–Crippen LogP) is -0.0504. The number of nitrogens with one attached hydrogen (secondary N) is 2. The second-order valence-electron chi connectivity index (χ2n) is 6.23. The summed E-state index contributed by atoms with van der Waals surface area (Å²) in [5, 5.41) is 6.24. The van der Waals surface area contributed by atoms with Crippen LogP contribution in [0.2, 0.25) is 0 Å². The van der Waals surface area contributed by atoms with Gasteiger partial charge in [0.15, 0.2) is 0 Å². The van der Waals surface area contributed by atoms with Gasteiger partial charge in [0.1, 0.15) is 0 Å². The molecule has 3 fully saturated rings. The Labute approximate surface area is 132 Å². The van der Waals surface area contributed by atoms with Crippen LogP contribution >= 0.6 is 12.4 Å². The van der Waals surface area contributed by atoms with Crippen LogP contribution < -0.4 is 10.6 Å². The van der Waals surface area contributed by atoms with Crippen LogP contribution in [0.15, 0.2) is 0 Å². The molecule has 1 spiro atoms. The van der Waals surface area contributed by atoms with Crippen LogP contribution in [0.1, 0.15) is 25.7 Å². The van der Waals surface area contributed by atoms with Gasteiger partial charge in [-0.3, -0.25) is 4.79 Å². The molecule has 1 amide bonds. The van der Waals surface area contributed by atoms with Crippen molar-refractivity contribution in [3.05, 3.63) is 0 Å². The summed E-state index contributed by atoms with van der Waals surface area (Å²) in [6, 6.07) is 0. The smallest absolute Gasteiger partial charge is 0.223 e. The monoisotopic (exact) mass is 337 g/mol. The number of carbonyl (C=O) groups excluding carboxylic acids is 1. The highest BCUT2D eigenvalue weighted by atomic mass is 35.5. The molecule has 0 radical (unpaired) electrons. The molecule has 1 aliphatic carbocycles. The lowest BCUT2D eigenvalue weighted by molar-refractivity contribution is -0.123. The Balaban J connectivity index is 0.00000161. The highest BCUT2D eigenvalue weighted by Gasteiger charge is 2.57. The van der Waals surface area contributed by atoms with E-state index in [1.54, 1.807) is 0 Å². The maximum Gasteiger partial charge on any atom is 0.223 e. The summed E-state index contributed by atoms with van der Waals surface area (Å²) in [6.45, 7) is 3.46. The van der Waals surface area contributed by atoms with Crippen molar-refractivity contribution in [1.29, 1.82) is 0 Å². The predicted molar refractivity (Wildman–Crippen MR) is 82.9 cm³/mol. The molecular formula is C13H24ClN3O3S. The van der Waals surface area contributed by atoms with Crippen LogP contribution in [-0.4, -0.2) is 57.1 Å². The van der Waals surface area contributed by atoms with Crippen molar-refractivity contribution < 1.29 is 13.2 Å². The molecule has 2 N–H and O–H groups in total. The van der Waals surface area contributed by atoms with Crippen LogP contribution in [0.25, 0.3) is 0 Å². The molecule has 0 aromatic rings. The second kappa shape index (κ2) is 6.40. The molecule has 0 aromatic carbocycles. The standard InChI is InChI=1S/C13H23N3O3S.ClH/c17-12(11-10-13(11)2-4-14-5-3-13)15-6-8-16-7-1-9-20(16,18)19;/h11,14H,1-10H2,(H,15,17);1H. The number of rotatable bonds is 4. The van der Waals surface area contributed by atoms with Gasteiger partial charge in [-0.15, -0.1) is 12.4 Å². The Morgan fingerprint density at radius 3 is 2.67 bits per heavy atom. The van der Waals surface area contributed by atoms with E-state index in [-0.39, 0.29) is 35.4 Å². The third kappa shape index (κ3) is 3.52. The summed E-state index contributed by atoms with van der Waals surface area (Å²) in [7, 11) is -3.04. The maximum atomic E-state index is 12.1. The van der Waals surface area contributed by atoms with Gasteiger partial charge in [-0.1, -0.05) is 0 Å². The minimum Gasteiger partial charge on any atom is -0.355 e. The van der Waals surface area contributed by atoms with Gasteiger partial charge in [0.25, 0.3) is 0 Å². The Bertz CT molecular complexity index is 491. The number of carbonyl (C=O) groups is 1. The van der Waals surface area contributed by atoms with E-state index in [1.165, 1.54) is 4.31 Å². The van der Waals surface area contributed by atoms with Gasteiger partial charge >= 0.3 is 0 Å². The number of hydrogen-bond donors (Lipinski definition) is 2. The average molecular weight is 338 g/mol. The lowest BCUT2D eigenvalue weighted by Gasteiger charge is -2.23. The van der Waals surface area contributed by atoms with E-state index in [4.69, 9.17) is 0 Å². The van der Waals surface area contributed by atoms with Crippen molar-refractivity contribution in [3.8, 4) is 0 Å². The molecule has 2 heterocycles. The number of nitrogens with zero attached hydrogens (tertiary/aromatic N) is 1. The van der Waals surface area contributed by atoms with E-state index in [9.17, 15) is 13.2 Å². The van der Waals surface area contributed by atoms with Gasteiger partial charge in [-0.2, -0.15) is 0 Å². The fraction of sp³-hybridized carbons (Fsp3) is 0.923. The number of halogens is 1. The molecule has 2 saturated heterocycles. The maximum absolute atomic E-state index is 12.1. The molecule has 1 atom stereocenters. The summed E-state index contributed by atoms with van der Waals surface area (Å²) in [4.78, 5) is 12.1. The second-order valence-corrected chi connectivity index (χ2v) is 8.32. The lowest BCUT2D eigenvalue weighted by Crippen LogP contribution is -2.38. The molecule has 3 aliphatic rings. The first-order valence-electron chi connectivity index (χ1n) is 7.50. The fourth-order valence-electron chi connectivity index (χ4n) is 3.57. The van der Waals surface area contributed by atoms with Crippen LogP contribution in [0.4, 0.5) is 0 Å². The van der Waals surface area contributed by atoms with Gasteiger partial charge in [-0.25, -0.2) is 12.7 Å². The van der Waals surface area contributed by atoms with Crippen molar-refractivity contribution in [2.45, 2.75) is 25.7 Å². The summed E-state index contributed by atoms with van der Waals surface area (Å²) in [6.07, 6.45) is 3.88. The summed E-state index contributed by atoms with van der Waals surface area (Å²) in [5.41, 5.74) is 0.245. The van der Waals surface area contributed by atoms with Crippen LogP contribution in [-0.2, 0) is 14.8 Å². The lowest BCUT2D eigenvalue weighted by atomic mass is 9.92. The quantitative estimate of drug-likeness (QED) is 0.754. The number of piperidine rings is 1. The fourth-order valence-corrected chi connectivity index (χ4v) is 5.09. The van der Waals surface area contributed by atoms with Crippen molar-refractivity contribution in [2.75, 3.05) is 38.5 Å². The van der Waals surface area contributed by atoms with Gasteiger partial charge in [-0.05, 0) is 44.2 Å². The minimum atomic E-state index is -3.04. The average Bonchev–Trinajstić information content (AvgIpc) is 2.99. The highest BCUT2D eigenvalue weighted by molar-refractivity contribution is 7.89. The summed E-state index contributed by atoms with van der Waals surface area (Å²) >= 11 is 0. The first-order valence-corrected chi connectivity index (χ1v) is 9.11. The number of amides is 1. The molecule has 6 nitrogen and oxygen atoms in total. The first kappa shape index (κ1) is 17.0. The van der Waals surface area contributed by atoms with Gasteiger partial charge < -0.3 is 10.6 Å². The zero-order valence-corrected chi connectivity index (χ0v) is 13.8. The van der Waals surface area contributed by atoms with E-state index < -0.39 is 10.0 Å². The van der Waals surface area contributed by atoms with Gasteiger partial charge in [0, 0.05) is 25.6 Å². The van der Waals surface area contributed by atoms with Crippen molar-refractivity contribution >= 4 is 28.3 Å². The van der Waals surface area contributed by atoms with Crippen LogP contribution in [0, 0.1) is 11.3 Å². The molecule has 0 bridgehead atoms. The Hall–Kier alpha value is -0.370. The van der Waals surface area contributed by atoms with Crippen molar-refractivity contribution in [2.24, 2.45) is 11.3 Å². The Kier molecular flexibility index (Phi) is 5.18. The van der Waals surface area contributed by atoms with Crippen LogP contribution in [0.3, 0.4) is 0 Å². The summed E-state index contributed by atoms with van der Waals surface area (Å²) in [5.74, 6) is 0.517. The number of sulfonamides is 1. The molecule has 3 rings (SSSR count). The summed E-state index contributed by atoms with van der Waals surface area (Å²) < 4.78 is 24.8. The molecule has 1 unspecified atom stereocenters. The van der Waals surface area contributed by atoms with Crippen LogP contribution in [0.5, 0.6) is 0 Å². The third-order valence-corrected chi connectivity index (χ3v) is 6.93. The van der Waals surface area contributed by atoms with E-state index in [1.807, 2.05) is 0 Å². The molecule has 1 saturated carbocycles.